The SMILES string of the molecule is Cc1ccc(S(=O)(=O)Oc2ccccc2C(O)O)cc1. The summed E-state index contributed by atoms with van der Waals surface area (Å²) in [6, 6.07) is 12.0. The van der Waals surface area contributed by atoms with E-state index in [1.807, 2.05) is 6.92 Å². The molecule has 0 saturated heterocycles. The van der Waals surface area contributed by atoms with Crippen LogP contribution in [0.5, 0.6) is 5.75 Å². The van der Waals surface area contributed by atoms with Crippen LogP contribution in [0.25, 0.3) is 0 Å². The van der Waals surface area contributed by atoms with Gasteiger partial charge in [0.05, 0.1) is 5.56 Å². The Morgan fingerprint density at radius 1 is 1.00 bits per heavy atom. The maximum absolute atomic E-state index is 12.1. The van der Waals surface area contributed by atoms with E-state index in [-0.39, 0.29) is 16.2 Å². The molecule has 0 atom stereocenters. The van der Waals surface area contributed by atoms with Gasteiger partial charge in [-0.3, -0.25) is 0 Å². The number of aliphatic hydroxyl groups is 2. The minimum absolute atomic E-state index is 0.00494. The third-order valence-electron chi connectivity index (χ3n) is 2.71. The monoisotopic (exact) mass is 294 g/mol. The van der Waals surface area contributed by atoms with Crippen molar-refractivity contribution >= 4 is 10.1 Å². The van der Waals surface area contributed by atoms with E-state index in [0.29, 0.717) is 0 Å². The Morgan fingerprint density at radius 3 is 2.20 bits per heavy atom. The van der Waals surface area contributed by atoms with Crippen molar-refractivity contribution in [3.05, 3.63) is 59.7 Å². The fraction of sp³-hybridized carbons (Fsp3) is 0.143. The summed E-state index contributed by atoms with van der Waals surface area (Å²) in [5, 5.41) is 18.4. The Kier molecular flexibility index (Phi) is 4.08. The van der Waals surface area contributed by atoms with Crippen LogP contribution >= 0.6 is 0 Å². The molecule has 2 aromatic carbocycles. The first-order valence-electron chi connectivity index (χ1n) is 5.86. The Balaban J connectivity index is 2.36. The number of rotatable bonds is 4. The summed E-state index contributed by atoms with van der Waals surface area (Å²) in [7, 11) is -4.01. The van der Waals surface area contributed by atoms with E-state index in [1.165, 1.54) is 24.3 Å². The minimum Gasteiger partial charge on any atom is -0.378 e. The third-order valence-corrected chi connectivity index (χ3v) is 3.95. The molecule has 0 fully saturated rings. The van der Waals surface area contributed by atoms with Gasteiger partial charge < -0.3 is 14.4 Å². The van der Waals surface area contributed by atoms with Crippen LogP contribution in [0.2, 0.25) is 0 Å². The second-order valence-corrected chi connectivity index (χ2v) is 5.81. The minimum atomic E-state index is -4.01. The highest BCUT2D eigenvalue weighted by atomic mass is 32.2. The summed E-state index contributed by atoms with van der Waals surface area (Å²) in [6.45, 7) is 1.84. The van der Waals surface area contributed by atoms with Crippen LogP contribution < -0.4 is 4.18 Å². The molecule has 20 heavy (non-hydrogen) atoms. The first kappa shape index (κ1) is 14.5. The number of aryl methyl sites for hydroxylation is 1. The lowest BCUT2D eigenvalue weighted by atomic mass is 10.2. The van der Waals surface area contributed by atoms with Gasteiger partial charge in [0.15, 0.2) is 12.0 Å². The van der Waals surface area contributed by atoms with Crippen LogP contribution in [0.1, 0.15) is 17.4 Å². The van der Waals surface area contributed by atoms with Crippen LogP contribution in [-0.2, 0) is 10.1 Å². The predicted molar refractivity (Wildman–Crippen MR) is 72.6 cm³/mol. The van der Waals surface area contributed by atoms with Gasteiger partial charge in [0, 0.05) is 0 Å². The summed E-state index contributed by atoms with van der Waals surface area (Å²) in [5.41, 5.74) is 0.915. The van der Waals surface area contributed by atoms with Crippen LogP contribution in [0, 0.1) is 6.92 Å². The molecule has 0 aliphatic carbocycles. The second-order valence-electron chi connectivity index (χ2n) is 4.26. The zero-order valence-electron chi connectivity index (χ0n) is 10.7. The molecular weight excluding hydrogens is 280 g/mol. The lowest BCUT2D eigenvalue weighted by molar-refractivity contribution is -0.0433. The standard InChI is InChI=1S/C14H14O5S/c1-10-6-8-11(9-7-10)20(17,18)19-13-5-3-2-4-12(13)14(15)16/h2-9,14-16H,1H3. The van der Waals surface area contributed by atoms with E-state index in [0.717, 1.165) is 5.56 Å². The smallest absolute Gasteiger partial charge is 0.339 e. The van der Waals surface area contributed by atoms with Gasteiger partial charge in [-0.05, 0) is 25.1 Å². The number of hydrogen-bond donors (Lipinski definition) is 2. The number of para-hydroxylation sites is 1. The zero-order valence-corrected chi connectivity index (χ0v) is 11.5. The summed E-state index contributed by atoms with van der Waals surface area (Å²) < 4.78 is 29.2. The average Bonchev–Trinajstić information content (AvgIpc) is 2.39. The Labute approximate surface area is 117 Å². The highest BCUT2D eigenvalue weighted by Gasteiger charge is 2.19. The third kappa shape index (κ3) is 3.16. The van der Waals surface area contributed by atoms with Crippen molar-refractivity contribution in [1.29, 1.82) is 0 Å². The van der Waals surface area contributed by atoms with Crippen molar-refractivity contribution in [1.82, 2.24) is 0 Å². The second kappa shape index (κ2) is 5.62. The van der Waals surface area contributed by atoms with E-state index in [1.54, 1.807) is 24.3 Å². The van der Waals surface area contributed by atoms with Crippen LogP contribution in [0.4, 0.5) is 0 Å². The number of hydrogen-bond acceptors (Lipinski definition) is 5. The van der Waals surface area contributed by atoms with E-state index in [4.69, 9.17) is 4.18 Å². The molecule has 0 unspecified atom stereocenters. The quantitative estimate of drug-likeness (QED) is 0.663. The fourth-order valence-corrected chi connectivity index (χ4v) is 2.59. The van der Waals surface area contributed by atoms with E-state index >= 15 is 0 Å². The summed E-state index contributed by atoms with van der Waals surface area (Å²) in [4.78, 5) is 0.00494. The molecule has 2 aromatic rings. The van der Waals surface area contributed by atoms with Crippen molar-refractivity contribution < 1.29 is 22.8 Å². The zero-order chi connectivity index (χ0) is 14.8. The van der Waals surface area contributed by atoms with Crippen LogP contribution in [-0.4, -0.2) is 18.6 Å². The van der Waals surface area contributed by atoms with Gasteiger partial charge in [0.2, 0.25) is 0 Å². The van der Waals surface area contributed by atoms with Crippen molar-refractivity contribution in [3.63, 3.8) is 0 Å². The summed E-state index contributed by atoms with van der Waals surface area (Å²) >= 11 is 0. The molecule has 0 amide bonds. The number of aliphatic hydroxyl groups excluding tert-OH is 1. The van der Waals surface area contributed by atoms with Gasteiger partial charge in [0.1, 0.15) is 4.90 Å². The lowest BCUT2D eigenvalue weighted by Gasteiger charge is -2.12. The first-order chi connectivity index (χ1) is 9.40. The molecule has 5 nitrogen and oxygen atoms in total. The van der Waals surface area contributed by atoms with E-state index in [2.05, 4.69) is 0 Å². The molecule has 6 heteroatoms. The normalized spacial score (nSPS) is 11.6. The molecule has 0 saturated carbocycles. The lowest BCUT2D eigenvalue weighted by Crippen LogP contribution is -2.12. The van der Waals surface area contributed by atoms with Crippen LogP contribution in [0.15, 0.2) is 53.4 Å². The molecule has 2 rings (SSSR count). The molecule has 0 spiro atoms. The largest absolute Gasteiger partial charge is 0.378 e. The van der Waals surface area contributed by atoms with Gasteiger partial charge in [0.25, 0.3) is 0 Å². The Morgan fingerprint density at radius 2 is 1.60 bits per heavy atom. The van der Waals surface area contributed by atoms with E-state index < -0.39 is 16.4 Å². The molecule has 0 aliphatic rings. The number of benzene rings is 2. The van der Waals surface area contributed by atoms with Crippen molar-refractivity contribution in [2.24, 2.45) is 0 Å². The molecule has 2 N–H and O–H groups in total. The highest BCUT2D eigenvalue weighted by Crippen LogP contribution is 2.26. The molecule has 0 radical (unpaired) electrons. The van der Waals surface area contributed by atoms with Crippen molar-refractivity contribution in [2.45, 2.75) is 18.1 Å². The van der Waals surface area contributed by atoms with Crippen molar-refractivity contribution in [2.75, 3.05) is 0 Å². The maximum Gasteiger partial charge on any atom is 0.339 e. The highest BCUT2D eigenvalue weighted by molar-refractivity contribution is 7.87. The Bertz CT molecular complexity index is 690. The topological polar surface area (TPSA) is 83.8 Å². The molecular formula is C14H14O5S. The molecule has 0 bridgehead atoms. The van der Waals surface area contributed by atoms with Gasteiger partial charge in [-0.15, -0.1) is 0 Å². The molecule has 0 heterocycles. The molecule has 106 valence electrons. The van der Waals surface area contributed by atoms with Crippen molar-refractivity contribution in [3.8, 4) is 5.75 Å². The molecule has 0 aromatic heterocycles. The predicted octanol–water partition coefficient (Wildman–Crippen LogP) is 1.75. The van der Waals surface area contributed by atoms with Gasteiger partial charge >= 0.3 is 10.1 Å². The first-order valence-corrected chi connectivity index (χ1v) is 7.27. The molecule has 0 aliphatic heterocycles. The Hall–Kier alpha value is -1.89. The van der Waals surface area contributed by atoms with Gasteiger partial charge in [-0.25, -0.2) is 0 Å². The van der Waals surface area contributed by atoms with E-state index in [9.17, 15) is 18.6 Å². The summed E-state index contributed by atoms with van der Waals surface area (Å²) in [5.74, 6) is -0.108. The maximum atomic E-state index is 12.1. The fourth-order valence-electron chi connectivity index (χ4n) is 1.64. The van der Waals surface area contributed by atoms with Gasteiger partial charge in [-0.1, -0.05) is 35.9 Å². The average molecular weight is 294 g/mol. The van der Waals surface area contributed by atoms with Crippen LogP contribution in [0.3, 0.4) is 0 Å². The summed E-state index contributed by atoms with van der Waals surface area (Å²) in [6.07, 6.45) is -1.81. The van der Waals surface area contributed by atoms with Gasteiger partial charge in [-0.2, -0.15) is 8.42 Å².